The predicted molar refractivity (Wildman–Crippen MR) is 542 cm³/mol. The predicted octanol–water partition coefficient (Wildman–Crippen LogP) is 16.1. The summed E-state index contributed by atoms with van der Waals surface area (Å²) in [5, 5.41) is 53.0. The van der Waals surface area contributed by atoms with E-state index in [2.05, 4.69) is 132 Å². The van der Waals surface area contributed by atoms with Crippen molar-refractivity contribution < 1.29 is 50.9 Å². The van der Waals surface area contributed by atoms with Gasteiger partial charge in [-0.1, -0.05) is 42.5 Å². The Kier molecular flexibility index (Phi) is 27.2. The molecule has 35 nitrogen and oxygen atoms in total. The van der Waals surface area contributed by atoms with Crippen LogP contribution >= 0.6 is 11.3 Å². The number of piperidine rings is 1. The molecule has 141 heavy (non-hydrogen) atoms. The largest absolute Gasteiger partial charge is 0.480 e. The van der Waals surface area contributed by atoms with Crippen LogP contribution in [0.15, 0.2) is 180 Å². The average Bonchev–Trinajstić information content (AvgIpc) is 1.78. The van der Waals surface area contributed by atoms with Gasteiger partial charge in [0.25, 0.3) is 11.8 Å². The number of nitrogens with zero attached hydrogens (tertiary/aromatic N) is 18. The molecule has 0 bridgehead atoms. The van der Waals surface area contributed by atoms with Crippen LogP contribution in [0.2, 0.25) is 0 Å². The number of benzene rings is 6. The highest BCUT2D eigenvalue weighted by molar-refractivity contribution is 7.92. The first kappa shape index (κ1) is 94.5. The number of aromatic nitrogens is 17. The summed E-state index contributed by atoms with van der Waals surface area (Å²) in [7, 11) is -0.419. The van der Waals surface area contributed by atoms with Crippen molar-refractivity contribution in [1.29, 1.82) is 0 Å². The normalized spacial score (nSPS) is 17.4. The number of hydrogen-bond donors (Lipinski definition) is 8. The molecule has 11 aromatic heterocycles. The second-order valence-corrected chi connectivity index (χ2v) is 40.0. The zero-order valence-corrected chi connectivity index (χ0v) is 81.3. The molecule has 17 aromatic rings. The SMILES string of the molecule is CO[C@@H](C)c1nc2ccccc2n1-c1nc(N2CCOCC2)c2nc(CN3CCC(C(C)(C)O)CC3)ccc2n1.COc1ncc(-c2cc(-c3nnc(CN4C[C@@H](C)O[C@@H](C)C4)o3)c3cn[nH]c3c2)cc1NS(C)(=O)=O.Cc1cccc(C(=O)Nc2cc(-c3cc(F)cc4c3C=CC4)cc3[nH]ncc23)n1.O=C(Nc1cc(-c2cccc3[nH]ccc23)cc2[nH]ncc12)c1csc(CN2CCN3CCC[C@H]3C2)n1. The molecule has 8 N–H and O–H groups in total. The number of imidazole rings is 1. The van der Waals surface area contributed by atoms with E-state index in [1.165, 1.54) is 32.6 Å². The topological polar surface area (TPSA) is 414 Å². The number of pyridine rings is 3. The van der Waals surface area contributed by atoms with Crippen molar-refractivity contribution in [2.45, 2.75) is 123 Å². The number of carbonyl (C=O) groups excluding carboxylic acids is 2. The standard InChI is InChI=1S/C30H39N7O3.C27H27N7OS.C23H17FN4O.C23H27N7O5S/c1-20(39-4)27-32-23-7-5-6-8-25(23)37(27)29-33-24-10-9-22(19-35-13-11-21(12-14-35)30(2,3)38)31-26(24)28(34-29)36-15-17-40-18-16-36;35-27(25-16-36-26(30-25)15-33-9-10-34-8-2-3-18(34)14-33)31-23-11-17(12-24-21(23)13-29-32-24)19-4-1-5-22-20(19)6-7-28-22;1-13-4-2-7-20(26-13)23(29)27-21-9-15(10-22-19(21)12-25-28-22)18-11-16(24)8-14-5-3-6-17(14)18;1-13-10-30(11-14(2)34-13)12-21-27-28-22(35-21)17-5-15(6-19-18(17)9-25-26-19)16-7-20(29-36(4,31)32)23(33-3)24-8-16/h5-10,20-21,38H,11-19H2,1-4H3;1,4-7,11-13,16,18,28H,2-3,8-10,14-15H2,(H,29,32)(H,31,35);2-4,6-12H,5H2,1H3,(H,25,28)(H,27,29);5-9,13-14,29H,10-12H2,1-4H3,(H,25,26)/t20-;18-;;13-,14+/m00../s1. The monoisotopic (exact) mass is 1940 g/mol. The number of rotatable bonds is 22. The van der Waals surface area contributed by atoms with Crippen molar-refractivity contribution >= 4 is 128 Å². The molecule has 5 aliphatic heterocycles. The zero-order chi connectivity index (χ0) is 97.3. The molecule has 38 heteroatoms. The number of para-hydroxylation sites is 2. The number of carbonyl (C=O) groups is 2. The number of H-pyrrole nitrogens is 4. The summed E-state index contributed by atoms with van der Waals surface area (Å²) in [6, 6.07) is 42.8. The lowest BCUT2D eigenvalue weighted by molar-refractivity contribution is -0.0722. The molecule has 726 valence electrons. The Morgan fingerprint density at radius 1 is 0.645 bits per heavy atom. The molecule has 1 aliphatic carbocycles. The average molecular weight is 1940 g/mol. The van der Waals surface area contributed by atoms with E-state index in [0.29, 0.717) is 77.7 Å². The molecule has 0 saturated carbocycles. The van der Waals surface area contributed by atoms with Crippen molar-refractivity contribution in [3.63, 3.8) is 0 Å². The summed E-state index contributed by atoms with van der Waals surface area (Å²) in [4.78, 5) is 74.6. The summed E-state index contributed by atoms with van der Waals surface area (Å²) in [6.45, 7) is 24.7. The third kappa shape index (κ3) is 21.1. The Hall–Kier alpha value is -14.1. The minimum atomic E-state index is -3.53. The maximum Gasteiger partial charge on any atom is 0.275 e. The highest BCUT2D eigenvalue weighted by Gasteiger charge is 2.35. The number of anilines is 4. The van der Waals surface area contributed by atoms with E-state index in [1.807, 2.05) is 137 Å². The molecule has 6 aliphatic rings. The van der Waals surface area contributed by atoms with Gasteiger partial charge in [-0.2, -0.15) is 20.3 Å². The van der Waals surface area contributed by atoms with Gasteiger partial charge >= 0.3 is 0 Å². The molecule has 5 fully saturated rings. The molecule has 2 amide bonds. The molecular formula is C103H110FN25O10S2. The molecular weight excluding hydrogens is 1830 g/mol. The van der Waals surface area contributed by atoms with Crippen molar-refractivity contribution in [3.05, 3.63) is 232 Å². The van der Waals surface area contributed by atoms with E-state index in [-0.39, 0.29) is 47.5 Å². The third-order valence-corrected chi connectivity index (χ3v) is 28.2. The Morgan fingerprint density at radius 2 is 1.36 bits per heavy atom. The van der Waals surface area contributed by atoms with Crippen LogP contribution in [-0.2, 0) is 50.3 Å². The molecule has 5 saturated heterocycles. The number of aromatic amines is 4. The number of halogens is 1. The van der Waals surface area contributed by atoms with E-state index in [9.17, 15) is 27.5 Å². The number of morpholine rings is 2. The number of thiazole rings is 1. The van der Waals surface area contributed by atoms with E-state index in [1.54, 1.807) is 67.5 Å². The van der Waals surface area contributed by atoms with Crippen LogP contribution in [0.25, 0.3) is 123 Å². The van der Waals surface area contributed by atoms with Gasteiger partial charge in [0.15, 0.2) is 5.82 Å². The number of fused-ring (bicyclic) bond motifs is 8. The molecule has 6 aromatic carbocycles. The minimum absolute atomic E-state index is 0.138. The molecule has 4 atom stereocenters. The van der Waals surface area contributed by atoms with Gasteiger partial charge in [-0.3, -0.25) is 53.8 Å². The molecule has 23 rings (SSSR count). The number of hydrogen-bond acceptors (Lipinski definition) is 28. The van der Waals surface area contributed by atoms with Crippen LogP contribution in [0.3, 0.4) is 0 Å². The quantitative estimate of drug-likeness (QED) is 0.0312. The minimum Gasteiger partial charge on any atom is -0.480 e. The van der Waals surface area contributed by atoms with Crippen molar-refractivity contribution in [1.82, 2.24) is 105 Å². The van der Waals surface area contributed by atoms with Crippen LogP contribution in [0.4, 0.5) is 27.3 Å². The first-order chi connectivity index (χ1) is 68.3. The second-order valence-electron chi connectivity index (χ2n) is 37.3. The van der Waals surface area contributed by atoms with Gasteiger partial charge in [0.05, 0.1) is 132 Å². The Balaban J connectivity index is 0.000000116. The van der Waals surface area contributed by atoms with Gasteiger partial charge < -0.3 is 49.0 Å². The number of sulfonamides is 1. The fraction of sp³-hybridized carbons (Fsp3) is 0.340. The number of likely N-dealkylation sites (tertiary alicyclic amines) is 1. The summed E-state index contributed by atoms with van der Waals surface area (Å²) in [5.41, 5.74) is 18.1. The van der Waals surface area contributed by atoms with Gasteiger partial charge in [0.2, 0.25) is 33.6 Å². The Morgan fingerprint density at radius 3 is 2.10 bits per heavy atom. The maximum atomic E-state index is 14.2. The van der Waals surface area contributed by atoms with Gasteiger partial charge in [0.1, 0.15) is 45.3 Å². The summed E-state index contributed by atoms with van der Waals surface area (Å²) >= 11 is 1.57. The van der Waals surface area contributed by atoms with E-state index >= 15 is 0 Å². The van der Waals surface area contributed by atoms with Crippen LogP contribution < -0.4 is 25.0 Å². The lowest BCUT2D eigenvalue weighted by Crippen LogP contribution is -2.49. The molecule has 0 radical (unpaired) electrons. The van der Waals surface area contributed by atoms with Gasteiger partial charge in [-0.05, 0) is 241 Å². The number of ether oxygens (including phenoxy) is 4. The number of methoxy groups -OCH3 is 2. The van der Waals surface area contributed by atoms with E-state index in [0.717, 1.165) is 236 Å². The zero-order valence-electron chi connectivity index (χ0n) is 79.7. The summed E-state index contributed by atoms with van der Waals surface area (Å²) in [5.74, 6) is 2.73. The van der Waals surface area contributed by atoms with E-state index < -0.39 is 15.6 Å². The molecule has 0 spiro atoms. The van der Waals surface area contributed by atoms with Gasteiger partial charge in [-0.15, -0.1) is 21.5 Å². The number of allylic oxidation sites excluding steroid dienone is 1. The number of amides is 2. The van der Waals surface area contributed by atoms with Crippen molar-refractivity contribution in [3.8, 4) is 56.7 Å². The number of nitrogens with one attached hydrogen (secondary N) is 7. The lowest BCUT2D eigenvalue weighted by Gasteiger charge is -2.37. The first-order valence-electron chi connectivity index (χ1n) is 47.4. The van der Waals surface area contributed by atoms with Crippen LogP contribution in [0.5, 0.6) is 5.88 Å². The Labute approximate surface area is 816 Å². The number of aryl methyl sites for hydroxylation is 1. The highest BCUT2D eigenvalue weighted by Crippen LogP contribution is 2.42. The van der Waals surface area contributed by atoms with Crippen LogP contribution in [0, 0.1) is 18.7 Å². The van der Waals surface area contributed by atoms with Gasteiger partial charge in [-0.25, -0.2) is 42.7 Å². The Bertz CT molecular complexity index is 7630. The van der Waals surface area contributed by atoms with Crippen molar-refractivity contribution in [2.75, 3.05) is 119 Å². The summed E-state index contributed by atoms with van der Waals surface area (Å²) < 4.78 is 70.7. The maximum absolute atomic E-state index is 14.2. The van der Waals surface area contributed by atoms with Crippen molar-refractivity contribution in [2.24, 2.45) is 5.92 Å². The smallest absolute Gasteiger partial charge is 0.275 e. The van der Waals surface area contributed by atoms with E-state index in [4.69, 9.17) is 48.3 Å². The second kappa shape index (κ2) is 40.6. The van der Waals surface area contributed by atoms with Gasteiger partial charge in [0, 0.05) is 122 Å². The van der Waals surface area contributed by atoms with Crippen LogP contribution in [-0.4, -0.2) is 253 Å². The highest BCUT2D eigenvalue weighted by atomic mass is 32.2. The fourth-order valence-corrected chi connectivity index (χ4v) is 21.2. The first-order valence-corrected chi connectivity index (χ1v) is 50.2. The molecule has 0 unspecified atom stereocenters. The van der Waals surface area contributed by atoms with Crippen LogP contribution in [0.1, 0.15) is 127 Å². The number of piperazine rings is 1. The lowest BCUT2D eigenvalue weighted by atomic mass is 9.83. The number of aliphatic hydroxyl groups is 1. The summed E-state index contributed by atoms with van der Waals surface area (Å²) in [6.07, 6.45) is 19.1. The molecule has 16 heterocycles. The third-order valence-electron chi connectivity index (χ3n) is 26.8. The fourth-order valence-electron chi connectivity index (χ4n) is 19.8.